The lowest BCUT2D eigenvalue weighted by molar-refractivity contribution is 0.0692. The molecule has 7 nitrogen and oxygen atoms in total. The molecule has 0 saturated heterocycles. The van der Waals surface area contributed by atoms with Crippen LogP contribution in [-0.4, -0.2) is 47.1 Å². The predicted molar refractivity (Wildman–Crippen MR) is 62.7 cm³/mol. The Kier molecular flexibility index (Phi) is 3.22. The van der Waals surface area contributed by atoms with E-state index in [9.17, 15) is 13.2 Å². The Morgan fingerprint density at radius 1 is 1.56 bits per heavy atom. The highest BCUT2D eigenvalue weighted by molar-refractivity contribution is 7.89. The minimum atomic E-state index is -3.83. The zero-order valence-corrected chi connectivity index (χ0v) is 10.6. The number of aromatic amines is 1. The number of rotatable bonds is 3. The standard InChI is InChI=1S/C10H13N3O4S/c1-7-2-4-13(5-3-7)18(16,17)9-8(10(14)15)6-11-12-9/h2,6H,3-5H2,1H3,(H,11,12)(H,14,15). The van der Waals surface area contributed by atoms with Crippen LogP contribution >= 0.6 is 0 Å². The number of hydrogen-bond acceptors (Lipinski definition) is 4. The maximum absolute atomic E-state index is 12.2. The molecule has 0 radical (unpaired) electrons. The van der Waals surface area contributed by atoms with E-state index in [1.807, 2.05) is 13.0 Å². The lowest BCUT2D eigenvalue weighted by atomic mass is 10.1. The molecule has 0 atom stereocenters. The minimum Gasteiger partial charge on any atom is -0.478 e. The summed E-state index contributed by atoms with van der Waals surface area (Å²) in [7, 11) is -3.83. The summed E-state index contributed by atoms with van der Waals surface area (Å²) in [5.41, 5.74) is 0.797. The third kappa shape index (κ3) is 2.16. The van der Waals surface area contributed by atoms with Crippen LogP contribution in [0.2, 0.25) is 0 Å². The second-order valence-electron chi connectivity index (χ2n) is 4.08. The minimum absolute atomic E-state index is 0.256. The Hall–Kier alpha value is -1.67. The first kappa shape index (κ1) is 12.8. The topological polar surface area (TPSA) is 103 Å². The third-order valence-electron chi connectivity index (χ3n) is 2.83. The van der Waals surface area contributed by atoms with E-state index in [-0.39, 0.29) is 17.1 Å². The zero-order valence-electron chi connectivity index (χ0n) is 9.75. The Morgan fingerprint density at radius 2 is 2.28 bits per heavy atom. The van der Waals surface area contributed by atoms with Gasteiger partial charge in [-0.05, 0) is 13.3 Å². The number of H-pyrrole nitrogens is 1. The highest BCUT2D eigenvalue weighted by Gasteiger charge is 2.31. The molecule has 0 unspecified atom stereocenters. The second kappa shape index (κ2) is 4.54. The summed E-state index contributed by atoms with van der Waals surface area (Å²) in [5.74, 6) is -1.31. The van der Waals surface area contributed by atoms with Crippen molar-refractivity contribution in [1.29, 1.82) is 0 Å². The number of hydrogen-bond donors (Lipinski definition) is 2. The van der Waals surface area contributed by atoms with E-state index in [1.54, 1.807) is 0 Å². The molecule has 2 heterocycles. The molecule has 0 bridgehead atoms. The monoisotopic (exact) mass is 271 g/mol. The lowest BCUT2D eigenvalue weighted by Crippen LogP contribution is -2.35. The summed E-state index contributed by atoms with van der Waals surface area (Å²) in [6.45, 7) is 2.54. The molecular weight excluding hydrogens is 258 g/mol. The summed E-state index contributed by atoms with van der Waals surface area (Å²) in [6, 6.07) is 0. The molecule has 0 spiro atoms. The van der Waals surface area contributed by atoms with Crippen molar-refractivity contribution in [3.8, 4) is 0 Å². The quantitative estimate of drug-likeness (QED) is 0.777. The van der Waals surface area contributed by atoms with Crippen LogP contribution in [0.1, 0.15) is 23.7 Å². The Morgan fingerprint density at radius 3 is 2.83 bits per heavy atom. The second-order valence-corrected chi connectivity index (χ2v) is 5.96. The molecular formula is C10H13N3O4S. The largest absolute Gasteiger partial charge is 0.478 e. The summed E-state index contributed by atoms with van der Waals surface area (Å²) in [6.07, 6.45) is 3.47. The molecule has 2 rings (SSSR count). The van der Waals surface area contributed by atoms with E-state index in [1.165, 1.54) is 4.31 Å². The molecule has 0 fully saturated rings. The summed E-state index contributed by atoms with van der Waals surface area (Å²) >= 11 is 0. The van der Waals surface area contributed by atoms with Gasteiger partial charge in [-0.1, -0.05) is 11.6 Å². The highest BCUT2D eigenvalue weighted by atomic mass is 32.2. The van der Waals surface area contributed by atoms with Gasteiger partial charge in [0.1, 0.15) is 5.56 Å². The van der Waals surface area contributed by atoms with Crippen LogP contribution < -0.4 is 0 Å². The Bertz CT molecular complexity index is 602. The molecule has 1 aliphatic heterocycles. The van der Waals surface area contributed by atoms with Gasteiger partial charge in [0.05, 0.1) is 6.20 Å². The van der Waals surface area contributed by atoms with Crippen LogP contribution in [0, 0.1) is 0 Å². The average molecular weight is 271 g/mol. The van der Waals surface area contributed by atoms with Gasteiger partial charge in [-0.25, -0.2) is 13.2 Å². The van der Waals surface area contributed by atoms with Crippen molar-refractivity contribution in [3.63, 3.8) is 0 Å². The van der Waals surface area contributed by atoms with Crippen molar-refractivity contribution in [2.24, 2.45) is 0 Å². The fourth-order valence-corrected chi connectivity index (χ4v) is 3.17. The average Bonchev–Trinajstić information content (AvgIpc) is 2.79. The molecule has 0 saturated carbocycles. The SMILES string of the molecule is CC1=CCN(S(=O)(=O)c2[nH]ncc2C(=O)O)CC1. The van der Waals surface area contributed by atoms with Gasteiger partial charge in [-0.2, -0.15) is 9.40 Å². The van der Waals surface area contributed by atoms with Crippen molar-refractivity contribution in [1.82, 2.24) is 14.5 Å². The number of carboxylic acids is 1. The van der Waals surface area contributed by atoms with Crippen molar-refractivity contribution < 1.29 is 18.3 Å². The molecule has 0 aromatic carbocycles. The van der Waals surface area contributed by atoms with Crippen LogP contribution in [0.5, 0.6) is 0 Å². The van der Waals surface area contributed by atoms with Crippen molar-refractivity contribution in [2.75, 3.05) is 13.1 Å². The smallest absolute Gasteiger partial charge is 0.340 e. The maximum atomic E-state index is 12.2. The summed E-state index contributed by atoms with van der Waals surface area (Å²) in [4.78, 5) is 10.9. The molecule has 1 aromatic heterocycles. The van der Waals surface area contributed by atoms with Crippen molar-refractivity contribution in [3.05, 3.63) is 23.4 Å². The Balaban J connectivity index is 2.37. The molecule has 98 valence electrons. The first-order chi connectivity index (χ1) is 8.43. The lowest BCUT2D eigenvalue weighted by Gasteiger charge is -2.24. The number of carbonyl (C=O) groups is 1. The number of carboxylic acid groups (broad SMARTS) is 1. The van der Waals surface area contributed by atoms with Gasteiger partial charge in [0, 0.05) is 13.1 Å². The van der Waals surface area contributed by atoms with Gasteiger partial charge in [0.2, 0.25) is 0 Å². The first-order valence-electron chi connectivity index (χ1n) is 5.35. The normalized spacial score (nSPS) is 17.5. The fraction of sp³-hybridized carbons (Fsp3) is 0.400. The molecule has 18 heavy (non-hydrogen) atoms. The number of aromatic carboxylic acids is 1. The van der Waals surface area contributed by atoms with Crippen LogP contribution in [0.4, 0.5) is 0 Å². The molecule has 0 amide bonds. The maximum Gasteiger partial charge on any atom is 0.340 e. The fourth-order valence-electron chi connectivity index (χ4n) is 1.72. The number of aromatic nitrogens is 2. The number of nitrogens with zero attached hydrogens (tertiary/aromatic N) is 2. The third-order valence-corrected chi connectivity index (χ3v) is 4.67. The van der Waals surface area contributed by atoms with Crippen molar-refractivity contribution >= 4 is 16.0 Å². The van der Waals surface area contributed by atoms with E-state index < -0.39 is 16.0 Å². The van der Waals surface area contributed by atoms with E-state index in [0.717, 1.165) is 11.8 Å². The van der Waals surface area contributed by atoms with Crippen molar-refractivity contribution in [2.45, 2.75) is 18.4 Å². The molecule has 1 aliphatic rings. The van der Waals surface area contributed by atoms with Gasteiger partial charge in [0.15, 0.2) is 5.03 Å². The molecule has 2 N–H and O–H groups in total. The van der Waals surface area contributed by atoms with Crippen LogP contribution in [-0.2, 0) is 10.0 Å². The Labute approximate surface area is 104 Å². The van der Waals surface area contributed by atoms with Gasteiger partial charge in [-0.3, -0.25) is 5.10 Å². The van der Waals surface area contributed by atoms with Gasteiger partial charge in [-0.15, -0.1) is 0 Å². The predicted octanol–water partition coefficient (Wildman–Crippen LogP) is 0.449. The zero-order chi connectivity index (χ0) is 13.3. The first-order valence-corrected chi connectivity index (χ1v) is 6.79. The van der Waals surface area contributed by atoms with E-state index in [2.05, 4.69) is 10.2 Å². The summed E-state index contributed by atoms with van der Waals surface area (Å²) in [5, 5.41) is 14.3. The molecule has 8 heteroatoms. The number of sulfonamides is 1. The van der Waals surface area contributed by atoms with Gasteiger partial charge in [0.25, 0.3) is 10.0 Å². The highest BCUT2D eigenvalue weighted by Crippen LogP contribution is 2.21. The summed E-state index contributed by atoms with van der Waals surface area (Å²) < 4.78 is 25.7. The van der Waals surface area contributed by atoms with Crippen LogP contribution in [0.25, 0.3) is 0 Å². The molecule has 1 aromatic rings. The van der Waals surface area contributed by atoms with Crippen LogP contribution in [0.15, 0.2) is 22.9 Å². The molecule has 0 aliphatic carbocycles. The van der Waals surface area contributed by atoms with E-state index in [4.69, 9.17) is 5.11 Å². The van der Waals surface area contributed by atoms with Crippen LogP contribution in [0.3, 0.4) is 0 Å². The van der Waals surface area contributed by atoms with Gasteiger partial charge < -0.3 is 5.11 Å². The van der Waals surface area contributed by atoms with E-state index >= 15 is 0 Å². The number of nitrogens with one attached hydrogen (secondary N) is 1. The van der Waals surface area contributed by atoms with E-state index in [0.29, 0.717) is 13.0 Å². The van der Waals surface area contributed by atoms with Gasteiger partial charge >= 0.3 is 5.97 Å².